The molecule has 1 aromatic heterocycles. The van der Waals surface area contributed by atoms with Crippen LogP contribution in [0.5, 0.6) is 0 Å². The van der Waals surface area contributed by atoms with Gasteiger partial charge in [0.2, 0.25) is 0 Å². The molecule has 5 heteroatoms. The minimum Gasteiger partial charge on any atom is -0.396 e. The number of aliphatic hydroxyl groups is 1. The second kappa shape index (κ2) is 7.62. The number of nitrogens with zero attached hydrogens (tertiary/aromatic N) is 2. The predicted molar refractivity (Wildman–Crippen MR) is 61.8 cm³/mol. The molecule has 4 nitrogen and oxygen atoms in total. The van der Waals surface area contributed by atoms with E-state index in [1.807, 2.05) is 12.4 Å². The molecule has 1 aromatic rings. The molecule has 0 saturated carbocycles. The van der Waals surface area contributed by atoms with E-state index in [1.165, 1.54) is 0 Å². The van der Waals surface area contributed by atoms with Crippen LogP contribution in [-0.2, 0) is 6.54 Å². The van der Waals surface area contributed by atoms with Gasteiger partial charge in [-0.3, -0.25) is 0 Å². The van der Waals surface area contributed by atoms with E-state index in [0.29, 0.717) is 0 Å². The Labute approximate surface area is 94.5 Å². The van der Waals surface area contributed by atoms with Gasteiger partial charge in [0.05, 0.1) is 0 Å². The Morgan fingerprint density at radius 2 is 2.13 bits per heavy atom. The predicted octanol–water partition coefficient (Wildman–Crippen LogP) is 1.06. The fourth-order valence-corrected chi connectivity index (χ4v) is 1.59. The summed E-state index contributed by atoms with van der Waals surface area (Å²) in [6.45, 7) is 3.90. The van der Waals surface area contributed by atoms with Crippen LogP contribution < -0.4 is 5.32 Å². The molecule has 84 valence electrons. The molecular weight excluding hydrogens is 210 g/mol. The summed E-state index contributed by atoms with van der Waals surface area (Å²) in [5.41, 5.74) is 1.08. The number of aliphatic hydroxyl groups excluding tert-OH is 1. The van der Waals surface area contributed by atoms with Crippen molar-refractivity contribution in [1.82, 2.24) is 15.3 Å². The first-order valence-corrected chi connectivity index (χ1v) is 6.10. The monoisotopic (exact) mass is 227 g/mol. The number of aromatic nitrogens is 2. The molecule has 0 aliphatic rings. The highest BCUT2D eigenvalue weighted by atomic mass is 32.2. The Balaban J connectivity index is 2.29. The summed E-state index contributed by atoms with van der Waals surface area (Å²) in [4.78, 5) is 8.46. The Hall–Kier alpha value is -0.650. The molecule has 0 aliphatic heterocycles. The standard InChI is InChI=1S/C10H17N3OS/c1-2-15-10-12-7-9(8-13-10)6-11-4-3-5-14/h7-8,11,14H,2-6H2,1H3. The Morgan fingerprint density at radius 1 is 1.40 bits per heavy atom. The molecule has 0 radical (unpaired) electrons. The summed E-state index contributed by atoms with van der Waals surface area (Å²) in [6.07, 6.45) is 4.47. The molecule has 0 aromatic carbocycles. The first-order chi connectivity index (χ1) is 7.36. The van der Waals surface area contributed by atoms with Crippen LogP contribution in [-0.4, -0.2) is 34.0 Å². The second-order valence-corrected chi connectivity index (χ2v) is 4.29. The highest BCUT2D eigenvalue weighted by Crippen LogP contribution is 2.10. The van der Waals surface area contributed by atoms with E-state index in [-0.39, 0.29) is 6.61 Å². The van der Waals surface area contributed by atoms with Gasteiger partial charge in [0.25, 0.3) is 0 Å². The maximum absolute atomic E-state index is 8.59. The molecule has 1 heterocycles. The molecule has 0 aliphatic carbocycles. The number of rotatable bonds is 7. The molecule has 15 heavy (non-hydrogen) atoms. The van der Waals surface area contributed by atoms with Crippen LogP contribution in [0.15, 0.2) is 17.6 Å². The molecular formula is C10H17N3OS. The molecule has 0 spiro atoms. The van der Waals surface area contributed by atoms with E-state index in [4.69, 9.17) is 5.11 Å². The lowest BCUT2D eigenvalue weighted by atomic mass is 10.3. The van der Waals surface area contributed by atoms with Gasteiger partial charge in [-0.15, -0.1) is 0 Å². The minimum atomic E-state index is 0.232. The highest BCUT2D eigenvalue weighted by molar-refractivity contribution is 7.99. The third kappa shape index (κ3) is 5.11. The lowest BCUT2D eigenvalue weighted by Crippen LogP contribution is -2.16. The molecule has 0 bridgehead atoms. The molecule has 2 N–H and O–H groups in total. The third-order valence-electron chi connectivity index (χ3n) is 1.80. The number of nitrogens with one attached hydrogen (secondary N) is 1. The topological polar surface area (TPSA) is 58.0 Å². The van der Waals surface area contributed by atoms with Crippen molar-refractivity contribution in [2.24, 2.45) is 0 Å². The molecule has 1 rings (SSSR count). The fraction of sp³-hybridized carbons (Fsp3) is 0.600. The van der Waals surface area contributed by atoms with Crippen molar-refractivity contribution in [2.45, 2.75) is 25.0 Å². The largest absolute Gasteiger partial charge is 0.396 e. The summed E-state index contributed by atoms with van der Waals surface area (Å²) in [5.74, 6) is 0.994. The van der Waals surface area contributed by atoms with E-state index in [1.54, 1.807) is 11.8 Å². The third-order valence-corrected chi connectivity index (χ3v) is 2.55. The molecule has 0 unspecified atom stereocenters. The average Bonchev–Trinajstić information content (AvgIpc) is 2.27. The van der Waals surface area contributed by atoms with Crippen molar-refractivity contribution in [3.63, 3.8) is 0 Å². The van der Waals surface area contributed by atoms with Crippen LogP contribution in [0.3, 0.4) is 0 Å². The maximum Gasteiger partial charge on any atom is 0.187 e. The first kappa shape index (κ1) is 12.4. The summed E-state index contributed by atoms with van der Waals surface area (Å²) in [5, 5.41) is 12.6. The summed E-state index contributed by atoms with van der Waals surface area (Å²) in [7, 11) is 0. The summed E-state index contributed by atoms with van der Waals surface area (Å²) < 4.78 is 0. The van der Waals surface area contributed by atoms with E-state index in [9.17, 15) is 0 Å². The highest BCUT2D eigenvalue weighted by Gasteiger charge is 1.96. The van der Waals surface area contributed by atoms with Crippen molar-refractivity contribution < 1.29 is 5.11 Å². The van der Waals surface area contributed by atoms with Crippen LogP contribution in [0.1, 0.15) is 18.9 Å². The summed E-state index contributed by atoms with van der Waals surface area (Å²) in [6, 6.07) is 0. The van der Waals surface area contributed by atoms with Crippen LogP contribution >= 0.6 is 11.8 Å². The summed E-state index contributed by atoms with van der Waals surface area (Å²) >= 11 is 1.64. The quantitative estimate of drug-likeness (QED) is 0.414. The number of hydrogen-bond donors (Lipinski definition) is 2. The van der Waals surface area contributed by atoms with Gasteiger partial charge in [-0.2, -0.15) is 0 Å². The van der Waals surface area contributed by atoms with E-state index < -0.39 is 0 Å². The number of hydrogen-bond acceptors (Lipinski definition) is 5. The zero-order valence-electron chi connectivity index (χ0n) is 8.94. The van der Waals surface area contributed by atoms with Gasteiger partial charge >= 0.3 is 0 Å². The van der Waals surface area contributed by atoms with Crippen LogP contribution in [0, 0.1) is 0 Å². The average molecular weight is 227 g/mol. The lowest BCUT2D eigenvalue weighted by Gasteiger charge is -2.03. The van der Waals surface area contributed by atoms with E-state index >= 15 is 0 Å². The van der Waals surface area contributed by atoms with Crippen LogP contribution in [0.2, 0.25) is 0 Å². The van der Waals surface area contributed by atoms with Gasteiger partial charge in [0.15, 0.2) is 5.16 Å². The second-order valence-electron chi connectivity index (χ2n) is 3.06. The lowest BCUT2D eigenvalue weighted by molar-refractivity contribution is 0.286. The van der Waals surface area contributed by atoms with E-state index in [0.717, 1.165) is 36.0 Å². The van der Waals surface area contributed by atoms with Crippen LogP contribution in [0.25, 0.3) is 0 Å². The SMILES string of the molecule is CCSc1ncc(CNCCCO)cn1. The van der Waals surface area contributed by atoms with Crippen molar-refractivity contribution >= 4 is 11.8 Å². The Bertz CT molecular complexity index is 266. The van der Waals surface area contributed by atoms with Crippen molar-refractivity contribution in [3.05, 3.63) is 18.0 Å². The zero-order chi connectivity index (χ0) is 10.9. The smallest absolute Gasteiger partial charge is 0.187 e. The Kier molecular flexibility index (Phi) is 6.31. The molecule has 0 amide bonds. The van der Waals surface area contributed by atoms with Crippen molar-refractivity contribution in [3.8, 4) is 0 Å². The van der Waals surface area contributed by atoms with Crippen LogP contribution in [0.4, 0.5) is 0 Å². The van der Waals surface area contributed by atoms with Gasteiger partial charge in [-0.05, 0) is 18.7 Å². The van der Waals surface area contributed by atoms with Crippen molar-refractivity contribution in [2.75, 3.05) is 18.9 Å². The van der Waals surface area contributed by atoms with Gasteiger partial charge in [-0.1, -0.05) is 18.7 Å². The molecule has 0 atom stereocenters. The maximum atomic E-state index is 8.59. The zero-order valence-corrected chi connectivity index (χ0v) is 9.76. The van der Waals surface area contributed by atoms with E-state index in [2.05, 4.69) is 22.2 Å². The first-order valence-electron chi connectivity index (χ1n) is 5.12. The molecule has 0 fully saturated rings. The minimum absolute atomic E-state index is 0.232. The fourth-order valence-electron chi connectivity index (χ4n) is 1.07. The molecule has 0 saturated heterocycles. The van der Waals surface area contributed by atoms with Gasteiger partial charge < -0.3 is 10.4 Å². The van der Waals surface area contributed by atoms with Gasteiger partial charge in [0.1, 0.15) is 0 Å². The Morgan fingerprint density at radius 3 is 2.73 bits per heavy atom. The van der Waals surface area contributed by atoms with Gasteiger partial charge in [0, 0.05) is 31.1 Å². The normalized spacial score (nSPS) is 10.5. The number of thioether (sulfide) groups is 1. The van der Waals surface area contributed by atoms with Crippen molar-refractivity contribution in [1.29, 1.82) is 0 Å². The van der Waals surface area contributed by atoms with Gasteiger partial charge in [-0.25, -0.2) is 9.97 Å².